The lowest BCUT2D eigenvalue weighted by Gasteiger charge is -2.31. The maximum Gasteiger partial charge on any atom is 0.415 e. The number of aryl methyl sites for hydroxylation is 1. The quantitative estimate of drug-likeness (QED) is 0.250. The summed E-state index contributed by atoms with van der Waals surface area (Å²) in [5, 5.41) is 23.9. The predicted octanol–water partition coefficient (Wildman–Crippen LogP) is 3.64. The Labute approximate surface area is 259 Å². The van der Waals surface area contributed by atoms with Crippen molar-refractivity contribution in [2.75, 3.05) is 24.5 Å². The number of hydrogen-bond acceptors (Lipinski definition) is 7. The normalized spacial score (nSPS) is 17.3. The Hall–Kier alpha value is -3.77. The minimum atomic E-state index is -3.95. The molecule has 0 aromatic heterocycles. The Kier molecular flexibility index (Phi) is 11.1. The van der Waals surface area contributed by atoms with E-state index in [1.165, 1.54) is 9.21 Å². The van der Waals surface area contributed by atoms with Crippen LogP contribution in [0, 0.1) is 12.8 Å². The van der Waals surface area contributed by atoms with Crippen LogP contribution in [0.4, 0.5) is 10.5 Å². The first-order valence-electron chi connectivity index (χ1n) is 14.8. The van der Waals surface area contributed by atoms with Crippen LogP contribution in [0.15, 0.2) is 83.8 Å². The molecule has 0 aliphatic carbocycles. The molecule has 0 unspecified atom stereocenters. The van der Waals surface area contributed by atoms with Gasteiger partial charge in [0, 0.05) is 18.8 Å². The Balaban J connectivity index is 1.56. The predicted molar refractivity (Wildman–Crippen MR) is 167 cm³/mol. The second kappa shape index (κ2) is 14.8. The van der Waals surface area contributed by atoms with E-state index in [0.717, 1.165) is 17.5 Å². The maximum absolute atomic E-state index is 13.7. The van der Waals surface area contributed by atoms with Gasteiger partial charge in [-0.1, -0.05) is 80.4 Å². The summed E-state index contributed by atoms with van der Waals surface area (Å²) in [5.41, 5.74) is 2.85. The molecule has 10 nitrogen and oxygen atoms in total. The monoisotopic (exact) mass is 623 g/mol. The van der Waals surface area contributed by atoms with E-state index < -0.39 is 40.3 Å². The van der Waals surface area contributed by atoms with Crippen molar-refractivity contribution in [3.8, 4) is 0 Å². The van der Waals surface area contributed by atoms with E-state index in [1.807, 2.05) is 51.1 Å². The molecule has 3 aromatic rings. The Morgan fingerprint density at radius 2 is 1.73 bits per heavy atom. The van der Waals surface area contributed by atoms with Gasteiger partial charge in [-0.3, -0.25) is 9.69 Å². The van der Waals surface area contributed by atoms with Crippen molar-refractivity contribution >= 4 is 27.7 Å². The van der Waals surface area contributed by atoms with Gasteiger partial charge in [-0.05, 0) is 54.7 Å². The highest BCUT2D eigenvalue weighted by atomic mass is 32.2. The average Bonchev–Trinajstić information content (AvgIpc) is 3.42. The van der Waals surface area contributed by atoms with E-state index >= 15 is 0 Å². The van der Waals surface area contributed by atoms with E-state index in [1.54, 1.807) is 48.5 Å². The summed E-state index contributed by atoms with van der Waals surface area (Å²) in [7, 11) is -3.95. The number of benzene rings is 3. The number of amides is 2. The van der Waals surface area contributed by atoms with E-state index in [2.05, 4.69) is 5.32 Å². The molecule has 1 saturated heterocycles. The number of aliphatic hydroxyl groups excluding tert-OH is 2. The summed E-state index contributed by atoms with van der Waals surface area (Å²) in [5.74, 6) is -0.577. The standard InChI is InChI=1S/C33H41N3O7S/c1-4-23(2)19-35(44(41,42)28-15-13-24(3)14-16-28)20-30(38)29(18-25-9-6-5-7-10-25)34-32(39)31-21-36(33(40)43-31)27-12-8-11-26(17-27)22-37/h5-17,23,29-31,37-38H,4,18-22H2,1-3H3,(H,34,39)/t23-,29-,30+,31-/m0/s1. The number of nitrogens with zero attached hydrogens (tertiary/aromatic N) is 2. The Morgan fingerprint density at radius 3 is 2.39 bits per heavy atom. The van der Waals surface area contributed by atoms with Crippen molar-refractivity contribution in [1.82, 2.24) is 9.62 Å². The molecular formula is C33H41N3O7S. The molecule has 2 amide bonds. The van der Waals surface area contributed by atoms with E-state index in [-0.39, 0.29) is 43.5 Å². The Morgan fingerprint density at radius 1 is 1.05 bits per heavy atom. The van der Waals surface area contributed by atoms with Gasteiger partial charge in [-0.2, -0.15) is 4.31 Å². The first-order valence-corrected chi connectivity index (χ1v) is 16.2. The van der Waals surface area contributed by atoms with Gasteiger partial charge in [0.2, 0.25) is 10.0 Å². The lowest BCUT2D eigenvalue weighted by Crippen LogP contribution is -2.53. The summed E-state index contributed by atoms with van der Waals surface area (Å²) in [6.07, 6.45) is -2.18. The molecule has 1 aliphatic rings. The SMILES string of the molecule is CC[C@H](C)CN(C[C@@H](O)[C@H](Cc1ccccc1)NC(=O)[C@@H]1CN(c2cccc(CO)c2)C(=O)O1)S(=O)(=O)c1ccc(C)cc1. The highest BCUT2D eigenvalue weighted by Gasteiger charge is 2.39. The fourth-order valence-electron chi connectivity index (χ4n) is 5.00. The molecule has 0 saturated carbocycles. The minimum absolute atomic E-state index is 0.0257. The molecule has 0 radical (unpaired) electrons. The lowest BCUT2D eigenvalue weighted by molar-refractivity contribution is -0.129. The fourth-order valence-corrected chi connectivity index (χ4v) is 6.58. The number of sulfonamides is 1. The van der Waals surface area contributed by atoms with Crippen LogP contribution in [0.2, 0.25) is 0 Å². The summed E-state index contributed by atoms with van der Waals surface area (Å²) < 4.78 is 34.2. The van der Waals surface area contributed by atoms with Gasteiger partial charge in [-0.25, -0.2) is 13.2 Å². The summed E-state index contributed by atoms with van der Waals surface area (Å²) in [6, 6.07) is 21.7. The maximum atomic E-state index is 13.7. The van der Waals surface area contributed by atoms with Gasteiger partial charge in [0.15, 0.2) is 6.10 Å². The number of aliphatic hydroxyl groups is 2. The van der Waals surface area contributed by atoms with Crippen LogP contribution in [0.3, 0.4) is 0 Å². The van der Waals surface area contributed by atoms with Crippen LogP contribution in [-0.2, 0) is 32.6 Å². The number of hydrogen-bond donors (Lipinski definition) is 3. The molecule has 44 heavy (non-hydrogen) atoms. The molecule has 4 atom stereocenters. The van der Waals surface area contributed by atoms with Crippen molar-refractivity contribution < 1.29 is 33.0 Å². The molecule has 1 fully saturated rings. The molecule has 1 aliphatic heterocycles. The second-order valence-corrected chi connectivity index (χ2v) is 13.3. The second-order valence-electron chi connectivity index (χ2n) is 11.3. The zero-order chi connectivity index (χ0) is 31.9. The molecule has 11 heteroatoms. The number of nitrogens with one attached hydrogen (secondary N) is 1. The third kappa shape index (κ3) is 8.23. The van der Waals surface area contributed by atoms with E-state index in [4.69, 9.17) is 4.74 Å². The van der Waals surface area contributed by atoms with Gasteiger partial charge in [-0.15, -0.1) is 0 Å². The largest absolute Gasteiger partial charge is 0.434 e. The zero-order valence-electron chi connectivity index (χ0n) is 25.3. The van der Waals surface area contributed by atoms with Crippen molar-refractivity contribution in [1.29, 1.82) is 0 Å². The van der Waals surface area contributed by atoms with Gasteiger partial charge in [0.25, 0.3) is 5.91 Å². The summed E-state index contributed by atoms with van der Waals surface area (Å²) >= 11 is 0. The molecular weight excluding hydrogens is 582 g/mol. The number of ether oxygens (including phenoxy) is 1. The third-order valence-electron chi connectivity index (χ3n) is 7.86. The number of anilines is 1. The van der Waals surface area contributed by atoms with Crippen molar-refractivity contribution in [2.45, 2.75) is 63.4 Å². The number of carbonyl (C=O) groups is 2. The van der Waals surface area contributed by atoms with Gasteiger partial charge in [0.05, 0.1) is 30.2 Å². The van der Waals surface area contributed by atoms with Crippen LogP contribution < -0.4 is 10.2 Å². The highest BCUT2D eigenvalue weighted by Crippen LogP contribution is 2.24. The average molecular weight is 624 g/mol. The molecule has 1 heterocycles. The van der Waals surface area contributed by atoms with Crippen molar-refractivity contribution in [3.05, 3.63) is 95.6 Å². The molecule has 3 aromatic carbocycles. The first kappa shape index (κ1) is 33.1. The number of rotatable bonds is 14. The van der Waals surface area contributed by atoms with Crippen LogP contribution in [0.1, 0.15) is 37.0 Å². The minimum Gasteiger partial charge on any atom is -0.434 e. The topological polar surface area (TPSA) is 136 Å². The molecule has 236 valence electrons. The van der Waals surface area contributed by atoms with E-state index in [0.29, 0.717) is 11.3 Å². The molecule has 3 N–H and O–H groups in total. The van der Waals surface area contributed by atoms with Crippen molar-refractivity contribution in [3.63, 3.8) is 0 Å². The van der Waals surface area contributed by atoms with Crippen LogP contribution in [0.25, 0.3) is 0 Å². The van der Waals surface area contributed by atoms with Crippen molar-refractivity contribution in [2.24, 2.45) is 5.92 Å². The highest BCUT2D eigenvalue weighted by molar-refractivity contribution is 7.89. The third-order valence-corrected chi connectivity index (χ3v) is 9.71. The van der Waals surface area contributed by atoms with Crippen LogP contribution in [-0.4, -0.2) is 72.8 Å². The molecule has 0 spiro atoms. The van der Waals surface area contributed by atoms with E-state index in [9.17, 15) is 28.2 Å². The van der Waals surface area contributed by atoms with Gasteiger partial charge >= 0.3 is 6.09 Å². The summed E-state index contributed by atoms with van der Waals surface area (Å²) in [4.78, 5) is 27.6. The fraction of sp³-hybridized carbons (Fsp3) is 0.394. The number of carbonyl (C=O) groups excluding carboxylic acids is 2. The van der Waals surface area contributed by atoms with Crippen LogP contribution in [0.5, 0.6) is 0 Å². The van der Waals surface area contributed by atoms with Gasteiger partial charge < -0.3 is 20.3 Å². The molecule has 4 rings (SSSR count). The zero-order valence-corrected chi connectivity index (χ0v) is 26.1. The Bertz CT molecular complexity index is 1520. The summed E-state index contributed by atoms with van der Waals surface area (Å²) in [6.45, 7) is 5.48. The first-order chi connectivity index (χ1) is 21.0. The van der Waals surface area contributed by atoms with Gasteiger partial charge in [0.1, 0.15) is 0 Å². The molecule has 0 bridgehead atoms. The van der Waals surface area contributed by atoms with Crippen LogP contribution >= 0.6 is 0 Å². The smallest absolute Gasteiger partial charge is 0.415 e. The number of cyclic esters (lactones) is 1. The lowest BCUT2D eigenvalue weighted by atomic mass is 10.0.